The van der Waals surface area contributed by atoms with Gasteiger partial charge in [-0.25, -0.2) is 9.97 Å². The first-order valence-corrected chi connectivity index (χ1v) is 7.49. The minimum absolute atomic E-state index is 0.408. The molecule has 20 heavy (non-hydrogen) atoms. The molecule has 3 rings (SSSR count). The summed E-state index contributed by atoms with van der Waals surface area (Å²) in [6.45, 7) is 1.97. The lowest BCUT2D eigenvalue weighted by Crippen LogP contribution is -1.95. The van der Waals surface area contributed by atoms with Crippen molar-refractivity contribution < 1.29 is 4.74 Å². The van der Waals surface area contributed by atoms with Crippen molar-refractivity contribution in [3.63, 3.8) is 0 Å². The van der Waals surface area contributed by atoms with Gasteiger partial charge in [-0.2, -0.15) is 0 Å². The predicted molar refractivity (Wildman–Crippen MR) is 84.2 cm³/mol. The van der Waals surface area contributed by atoms with E-state index in [1.54, 1.807) is 7.11 Å². The Morgan fingerprint density at radius 2 is 1.95 bits per heavy atom. The molecule has 1 aromatic carbocycles. The highest BCUT2D eigenvalue weighted by atomic mass is 35.5. The summed E-state index contributed by atoms with van der Waals surface area (Å²) < 4.78 is 5.36. The normalized spacial score (nSPS) is 11.0. The summed E-state index contributed by atoms with van der Waals surface area (Å²) in [5, 5.41) is 3.73. The smallest absolute Gasteiger partial charge is 0.173 e. The van der Waals surface area contributed by atoms with E-state index in [0.29, 0.717) is 27.3 Å². The standard InChI is InChI=1S/C14H10Cl2N2OS/c1-7-3-4-9(19-2)11-10(7)13(16)18-14(17-11)12-8(15)5-6-20-12/h3-6H,1-2H3. The second kappa shape index (κ2) is 5.20. The molecule has 3 aromatic rings. The summed E-state index contributed by atoms with van der Waals surface area (Å²) in [5.74, 6) is 1.19. The van der Waals surface area contributed by atoms with Crippen molar-refractivity contribution >= 4 is 45.4 Å². The zero-order valence-electron chi connectivity index (χ0n) is 10.8. The third-order valence-corrected chi connectivity index (χ3v) is 4.63. The monoisotopic (exact) mass is 324 g/mol. The fourth-order valence-electron chi connectivity index (χ4n) is 2.04. The molecular formula is C14H10Cl2N2OS. The third kappa shape index (κ3) is 2.14. The Kier molecular flexibility index (Phi) is 3.54. The molecule has 102 valence electrons. The molecule has 0 saturated carbocycles. The van der Waals surface area contributed by atoms with Gasteiger partial charge in [-0.1, -0.05) is 29.3 Å². The van der Waals surface area contributed by atoms with E-state index in [-0.39, 0.29) is 0 Å². The summed E-state index contributed by atoms with van der Waals surface area (Å²) in [7, 11) is 1.61. The Hall–Kier alpha value is -1.36. The highest BCUT2D eigenvalue weighted by Gasteiger charge is 2.16. The number of benzene rings is 1. The molecule has 0 radical (unpaired) electrons. The number of methoxy groups -OCH3 is 1. The molecule has 0 saturated heterocycles. The molecule has 0 fully saturated rings. The maximum Gasteiger partial charge on any atom is 0.173 e. The Morgan fingerprint density at radius 1 is 1.15 bits per heavy atom. The van der Waals surface area contributed by atoms with Gasteiger partial charge in [0, 0.05) is 5.39 Å². The van der Waals surface area contributed by atoms with E-state index in [1.165, 1.54) is 11.3 Å². The van der Waals surface area contributed by atoms with Gasteiger partial charge in [0.15, 0.2) is 5.82 Å². The molecule has 6 heteroatoms. The van der Waals surface area contributed by atoms with Gasteiger partial charge in [0.2, 0.25) is 0 Å². The maximum atomic E-state index is 6.32. The predicted octanol–water partition coefficient (Wildman–Crippen LogP) is 4.98. The molecule has 2 heterocycles. The fraction of sp³-hybridized carbons (Fsp3) is 0.143. The van der Waals surface area contributed by atoms with Crippen LogP contribution in [0.15, 0.2) is 23.6 Å². The van der Waals surface area contributed by atoms with Crippen LogP contribution in [0.1, 0.15) is 5.56 Å². The number of aryl methyl sites for hydroxylation is 1. The third-order valence-electron chi connectivity index (χ3n) is 3.02. The van der Waals surface area contributed by atoms with Crippen LogP contribution in [0.5, 0.6) is 5.75 Å². The molecule has 0 aliphatic carbocycles. The number of rotatable bonds is 2. The molecule has 0 aliphatic rings. The molecule has 0 N–H and O–H groups in total. The van der Waals surface area contributed by atoms with Gasteiger partial charge in [0.25, 0.3) is 0 Å². The van der Waals surface area contributed by atoms with Crippen molar-refractivity contribution in [2.24, 2.45) is 0 Å². The molecule has 2 aromatic heterocycles. The molecular weight excluding hydrogens is 315 g/mol. The SMILES string of the molecule is COc1ccc(C)c2c(Cl)nc(-c3sccc3Cl)nc12. The first-order valence-electron chi connectivity index (χ1n) is 5.86. The van der Waals surface area contributed by atoms with Gasteiger partial charge in [-0.15, -0.1) is 11.3 Å². The number of hydrogen-bond donors (Lipinski definition) is 0. The first-order chi connectivity index (χ1) is 9.61. The van der Waals surface area contributed by atoms with Crippen LogP contribution in [0.25, 0.3) is 21.6 Å². The quantitative estimate of drug-likeness (QED) is 0.623. The highest BCUT2D eigenvalue weighted by Crippen LogP contribution is 2.36. The zero-order chi connectivity index (χ0) is 14.3. The average molecular weight is 325 g/mol. The molecule has 3 nitrogen and oxygen atoms in total. The van der Waals surface area contributed by atoms with Crippen LogP contribution < -0.4 is 4.74 Å². The minimum atomic E-state index is 0.408. The lowest BCUT2D eigenvalue weighted by molar-refractivity contribution is 0.419. The summed E-state index contributed by atoms with van der Waals surface area (Å²) >= 11 is 13.9. The summed E-state index contributed by atoms with van der Waals surface area (Å²) in [6.07, 6.45) is 0. The van der Waals surface area contributed by atoms with Crippen molar-refractivity contribution in [2.75, 3.05) is 7.11 Å². The van der Waals surface area contributed by atoms with E-state index >= 15 is 0 Å². The number of halogens is 2. The van der Waals surface area contributed by atoms with Gasteiger partial charge in [0.1, 0.15) is 16.4 Å². The molecule has 0 aliphatic heterocycles. The number of hydrogen-bond acceptors (Lipinski definition) is 4. The number of nitrogens with zero attached hydrogens (tertiary/aromatic N) is 2. The fourth-order valence-corrected chi connectivity index (χ4v) is 3.44. The Balaban J connectivity index is 2.36. The van der Waals surface area contributed by atoms with Crippen LogP contribution in [-0.4, -0.2) is 17.1 Å². The second-order valence-electron chi connectivity index (χ2n) is 4.24. The van der Waals surface area contributed by atoms with Crippen molar-refractivity contribution in [1.29, 1.82) is 0 Å². The summed E-state index contributed by atoms with van der Waals surface area (Å²) in [4.78, 5) is 9.75. The highest BCUT2D eigenvalue weighted by molar-refractivity contribution is 7.14. The van der Waals surface area contributed by atoms with Crippen molar-refractivity contribution in [1.82, 2.24) is 9.97 Å². The lowest BCUT2D eigenvalue weighted by atomic mass is 10.1. The maximum absolute atomic E-state index is 6.32. The molecule has 0 spiro atoms. The van der Waals surface area contributed by atoms with E-state index in [4.69, 9.17) is 27.9 Å². The van der Waals surface area contributed by atoms with Crippen LogP contribution in [0.4, 0.5) is 0 Å². The topological polar surface area (TPSA) is 35.0 Å². The average Bonchev–Trinajstić information content (AvgIpc) is 2.85. The Bertz CT molecular complexity index is 801. The summed E-state index contributed by atoms with van der Waals surface area (Å²) in [6, 6.07) is 5.63. The van der Waals surface area contributed by atoms with Crippen LogP contribution in [-0.2, 0) is 0 Å². The number of aromatic nitrogens is 2. The zero-order valence-corrected chi connectivity index (χ0v) is 13.1. The van der Waals surface area contributed by atoms with Crippen molar-refractivity contribution in [3.05, 3.63) is 39.3 Å². The van der Waals surface area contributed by atoms with Crippen LogP contribution in [0.3, 0.4) is 0 Å². The second-order valence-corrected chi connectivity index (χ2v) is 5.93. The van der Waals surface area contributed by atoms with E-state index in [2.05, 4.69) is 9.97 Å². The number of thiophene rings is 1. The van der Waals surface area contributed by atoms with Gasteiger partial charge in [-0.05, 0) is 30.0 Å². The van der Waals surface area contributed by atoms with Crippen LogP contribution in [0, 0.1) is 6.92 Å². The molecule has 0 bridgehead atoms. The first kappa shape index (κ1) is 13.6. The van der Waals surface area contributed by atoms with Crippen LogP contribution >= 0.6 is 34.5 Å². The molecule has 0 amide bonds. The van der Waals surface area contributed by atoms with E-state index in [9.17, 15) is 0 Å². The van der Waals surface area contributed by atoms with Crippen LogP contribution in [0.2, 0.25) is 10.2 Å². The number of fused-ring (bicyclic) bond motifs is 1. The molecule has 0 unspecified atom stereocenters. The van der Waals surface area contributed by atoms with E-state index in [0.717, 1.165) is 15.8 Å². The Morgan fingerprint density at radius 3 is 2.60 bits per heavy atom. The van der Waals surface area contributed by atoms with E-state index < -0.39 is 0 Å². The van der Waals surface area contributed by atoms with Crippen molar-refractivity contribution in [2.45, 2.75) is 6.92 Å². The largest absolute Gasteiger partial charge is 0.494 e. The summed E-state index contributed by atoms with van der Waals surface area (Å²) in [5.41, 5.74) is 1.71. The van der Waals surface area contributed by atoms with Gasteiger partial charge in [0.05, 0.1) is 17.0 Å². The van der Waals surface area contributed by atoms with Gasteiger partial charge in [-0.3, -0.25) is 0 Å². The number of ether oxygens (including phenoxy) is 1. The minimum Gasteiger partial charge on any atom is -0.494 e. The van der Waals surface area contributed by atoms with Crippen molar-refractivity contribution in [3.8, 4) is 16.5 Å². The van der Waals surface area contributed by atoms with Gasteiger partial charge >= 0.3 is 0 Å². The molecule has 0 atom stereocenters. The lowest BCUT2D eigenvalue weighted by Gasteiger charge is -2.09. The Labute approximate surface area is 130 Å². The van der Waals surface area contributed by atoms with E-state index in [1.807, 2.05) is 30.5 Å². The van der Waals surface area contributed by atoms with Gasteiger partial charge < -0.3 is 4.74 Å².